The number of amides is 1. The highest BCUT2D eigenvalue weighted by molar-refractivity contribution is 5.84. The fourth-order valence-corrected chi connectivity index (χ4v) is 1.87. The molecule has 1 N–H and O–H groups in total. The van der Waals surface area contributed by atoms with Crippen LogP contribution in [0.3, 0.4) is 0 Å². The van der Waals surface area contributed by atoms with Crippen LogP contribution in [-0.4, -0.2) is 24.5 Å². The summed E-state index contributed by atoms with van der Waals surface area (Å²) in [6.07, 6.45) is 5.36. The molecule has 4 nitrogen and oxygen atoms in total. The van der Waals surface area contributed by atoms with Gasteiger partial charge in [0.25, 0.3) is 0 Å². The van der Waals surface area contributed by atoms with Gasteiger partial charge in [-0.1, -0.05) is 5.92 Å². The van der Waals surface area contributed by atoms with E-state index in [4.69, 9.17) is 11.2 Å². The second kappa shape index (κ2) is 7.39. The molecule has 0 heterocycles. The van der Waals surface area contributed by atoms with Crippen LogP contribution in [0.2, 0.25) is 0 Å². The third-order valence-corrected chi connectivity index (χ3v) is 2.66. The lowest BCUT2D eigenvalue weighted by Gasteiger charge is -2.22. The van der Waals surface area contributed by atoms with Crippen molar-refractivity contribution in [3.8, 4) is 12.3 Å². The molecule has 0 bridgehead atoms. The van der Waals surface area contributed by atoms with E-state index in [9.17, 15) is 18.4 Å². The number of hydrogen-bond donors (Lipinski definition) is 1. The lowest BCUT2D eigenvalue weighted by Crippen LogP contribution is -2.44. The number of carbonyl (C=O) groups excluding carboxylic acids is 2. The molecule has 0 fully saturated rings. The highest BCUT2D eigenvalue weighted by atomic mass is 19.1. The summed E-state index contributed by atoms with van der Waals surface area (Å²) in [5.41, 5.74) is 0.0711. The summed E-state index contributed by atoms with van der Waals surface area (Å²) in [6.45, 7) is 2.88. The van der Waals surface area contributed by atoms with Crippen LogP contribution in [0.4, 0.5) is 8.78 Å². The number of hydrogen-bond acceptors (Lipinski definition) is 3. The number of esters is 1. The third-order valence-electron chi connectivity index (χ3n) is 2.66. The Labute approximate surface area is 121 Å². The summed E-state index contributed by atoms with van der Waals surface area (Å²) < 4.78 is 31.4. The van der Waals surface area contributed by atoms with Crippen molar-refractivity contribution in [1.29, 1.82) is 0 Å². The van der Waals surface area contributed by atoms with Crippen molar-refractivity contribution < 1.29 is 23.1 Å². The standard InChI is InChI=1S/C15H15F2NO3/c1-4-13(10-6-11(16)8-12(17)7-10)14(18-9(3)19)15(20)21-5-2/h1,6-8,13-14H,5H2,2-3H3,(H,18,19)/t13-,14+/m1/s1. The van der Waals surface area contributed by atoms with Crippen LogP contribution < -0.4 is 5.32 Å². The Balaban J connectivity index is 3.20. The topological polar surface area (TPSA) is 55.4 Å². The van der Waals surface area contributed by atoms with Gasteiger partial charge in [0.05, 0.1) is 12.5 Å². The second-order valence-corrected chi connectivity index (χ2v) is 4.28. The van der Waals surface area contributed by atoms with Gasteiger partial charge in [-0.3, -0.25) is 4.79 Å². The monoisotopic (exact) mass is 295 g/mol. The van der Waals surface area contributed by atoms with Gasteiger partial charge in [0, 0.05) is 13.0 Å². The lowest BCUT2D eigenvalue weighted by atomic mass is 9.91. The predicted molar refractivity (Wildman–Crippen MR) is 72.2 cm³/mol. The molecule has 0 saturated heterocycles. The van der Waals surface area contributed by atoms with Crippen molar-refractivity contribution in [2.75, 3.05) is 6.61 Å². The van der Waals surface area contributed by atoms with Gasteiger partial charge in [0.1, 0.15) is 17.7 Å². The SMILES string of the molecule is C#C[C@H](c1cc(F)cc(F)c1)[C@H](NC(C)=O)C(=O)OCC. The highest BCUT2D eigenvalue weighted by Crippen LogP contribution is 2.22. The number of terminal acetylenes is 1. The zero-order valence-electron chi connectivity index (χ0n) is 11.7. The second-order valence-electron chi connectivity index (χ2n) is 4.28. The van der Waals surface area contributed by atoms with E-state index in [0.29, 0.717) is 6.07 Å². The van der Waals surface area contributed by atoms with E-state index in [1.807, 2.05) is 0 Å². The number of ether oxygens (including phenoxy) is 1. The van der Waals surface area contributed by atoms with Crippen molar-refractivity contribution in [3.05, 3.63) is 35.4 Å². The number of halogens is 2. The van der Waals surface area contributed by atoms with Gasteiger partial charge in [-0.15, -0.1) is 6.42 Å². The number of benzene rings is 1. The first-order chi connectivity index (χ1) is 9.88. The van der Waals surface area contributed by atoms with Crippen LogP contribution in [0.15, 0.2) is 18.2 Å². The molecular formula is C15H15F2NO3. The summed E-state index contributed by atoms with van der Waals surface area (Å²) in [7, 11) is 0. The Morgan fingerprint density at radius 2 is 1.90 bits per heavy atom. The smallest absolute Gasteiger partial charge is 0.330 e. The molecule has 0 saturated carbocycles. The van der Waals surface area contributed by atoms with E-state index < -0.39 is 35.5 Å². The van der Waals surface area contributed by atoms with Gasteiger partial charge < -0.3 is 10.1 Å². The Morgan fingerprint density at radius 1 is 1.33 bits per heavy atom. The Bertz CT molecular complexity index is 561. The molecule has 0 aromatic heterocycles. The van der Waals surface area contributed by atoms with Gasteiger partial charge in [-0.05, 0) is 24.6 Å². The quantitative estimate of drug-likeness (QED) is 0.665. The van der Waals surface area contributed by atoms with E-state index in [0.717, 1.165) is 12.1 Å². The average Bonchev–Trinajstić information content (AvgIpc) is 2.37. The molecule has 0 aliphatic rings. The fourth-order valence-electron chi connectivity index (χ4n) is 1.87. The van der Waals surface area contributed by atoms with Crippen molar-refractivity contribution >= 4 is 11.9 Å². The largest absolute Gasteiger partial charge is 0.464 e. The van der Waals surface area contributed by atoms with Gasteiger partial charge in [0.2, 0.25) is 5.91 Å². The first-order valence-corrected chi connectivity index (χ1v) is 6.24. The van der Waals surface area contributed by atoms with Crippen LogP contribution in [0.5, 0.6) is 0 Å². The van der Waals surface area contributed by atoms with E-state index >= 15 is 0 Å². The zero-order chi connectivity index (χ0) is 16.0. The molecule has 0 unspecified atom stereocenters. The molecule has 0 spiro atoms. The van der Waals surface area contributed by atoms with Crippen LogP contribution in [0, 0.1) is 24.0 Å². The van der Waals surface area contributed by atoms with E-state index in [2.05, 4.69) is 11.2 Å². The maximum absolute atomic E-state index is 13.3. The fraction of sp³-hybridized carbons (Fsp3) is 0.333. The molecule has 112 valence electrons. The van der Waals surface area contributed by atoms with Crippen molar-refractivity contribution in [2.45, 2.75) is 25.8 Å². The van der Waals surface area contributed by atoms with Gasteiger partial charge in [0.15, 0.2) is 0 Å². The average molecular weight is 295 g/mol. The maximum Gasteiger partial charge on any atom is 0.330 e. The zero-order valence-corrected chi connectivity index (χ0v) is 11.7. The van der Waals surface area contributed by atoms with Gasteiger partial charge in [-0.25, -0.2) is 13.6 Å². The number of carbonyl (C=O) groups is 2. The summed E-state index contributed by atoms with van der Waals surface area (Å²) in [5.74, 6) is -1.69. The lowest BCUT2D eigenvalue weighted by molar-refractivity contribution is -0.147. The molecule has 2 atom stereocenters. The van der Waals surface area contributed by atoms with Gasteiger partial charge >= 0.3 is 5.97 Å². The molecule has 6 heteroatoms. The summed E-state index contributed by atoms with van der Waals surface area (Å²) in [5, 5.41) is 2.35. The summed E-state index contributed by atoms with van der Waals surface area (Å²) >= 11 is 0. The summed E-state index contributed by atoms with van der Waals surface area (Å²) in [6, 6.07) is 1.51. The van der Waals surface area contributed by atoms with Crippen LogP contribution in [-0.2, 0) is 14.3 Å². The molecular weight excluding hydrogens is 280 g/mol. The molecule has 0 aliphatic heterocycles. The highest BCUT2D eigenvalue weighted by Gasteiger charge is 2.31. The first-order valence-electron chi connectivity index (χ1n) is 6.24. The minimum absolute atomic E-state index is 0.0711. The molecule has 21 heavy (non-hydrogen) atoms. The minimum atomic E-state index is -1.21. The van der Waals surface area contributed by atoms with Crippen LogP contribution in [0.25, 0.3) is 0 Å². The van der Waals surface area contributed by atoms with Crippen LogP contribution >= 0.6 is 0 Å². The van der Waals surface area contributed by atoms with Crippen molar-refractivity contribution in [1.82, 2.24) is 5.32 Å². The van der Waals surface area contributed by atoms with Gasteiger partial charge in [-0.2, -0.15) is 0 Å². The Kier molecular flexibility index (Phi) is 5.85. The van der Waals surface area contributed by atoms with E-state index in [-0.39, 0.29) is 12.2 Å². The van der Waals surface area contributed by atoms with Crippen molar-refractivity contribution in [3.63, 3.8) is 0 Å². The maximum atomic E-state index is 13.3. The first kappa shape index (κ1) is 16.6. The normalized spacial score (nSPS) is 12.9. The third kappa shape index (κ3) is 4.56. The van der Waals surface area contributed by atoms with Crippen LogP contribution in [0.1, 0.15) is 25.3 Å². The molecule has 1 aromatic carbocycles. The minimum Gasteiger partial charge on any atom is -0.464 e. The molecule has 1 amide bonds. The molecule has 0 aliphatic carbocycles. The predicted octanol–water partition coefficient (Wildman–Crippen LogP) is 1.75. The Hall–Kier alpha value is -2.42. The molecule has 1 aromatic rings. The van der Waals surface area contributed by atoms with E-state index in [1.165, 1.54) is 6.92 Å². The number of rotatable bonds is 5. The number of nitrogens with one attached hydrogen (secondary N) is 1. The molecule has 0 radical (unpaired) electrons. The van der Waals surface area contributed by atoms with Crippen molar-refractivity contribution in [2.24, 2.45) is 0 Å². The summed E-state index contributed by atoms with van der Waals surface area (Å²) in [4.78, 5) is 23.1. The van der Waals surface area contributed by atoms with E-state index in [1.54, 1.807) is 6.92 Å². The Morgan fingerprint density at radius 3 is 2.33 bits per heavy atom. The molecule has 1 rings (SSSR count).